The molecule has 0 aliphatic rings. The maximum atomic E-state index is 12.1. The van der Waals surface area contributed by atoms with E-state index >= 15 is 0 Å². The highest BCUT2D eigenvalue weighted by molar-refractivity contribution is 6.31. The van der Waals surface area contributed by atoms with Crippen molar-refractivity contribution in [1.29, 1.82) is 0 Å². The number of amides is 2. The van der Waals surface area contributed by atoms with E-state index < -0.39 is 0 Å². The van der Waals surface area contributed by atoms with Crippen molar-refractivity contribution in [3.63, 3.8) is 0 Å². The summed E-state index contributed by atoms with van der Waals surface area (Å²) in [7, 11) is 3.06. The van der Waals surface area contributed by atoms with Crippen LogP contribution >= 0.6 is 11.6 Å². The fourth-order valence-corrected chi connectivity index (χ4v) is 2.29. The molecule has 0 spiro atoms. The number of carbonyl (C=O) groups excluding carboxylic acids is 2. The predicted molar refractivity (Wildman–Crippen MR) is 95.0 cm³/mol. The quantitative estimate of drug-likeness (QED) is 0.750. The van der Waals surface area contributed by atoms with E-state index in [-0.39, 0.29) is 18.4 Å². The Morgan fingerprint density at radius 2 is 1.88 bits per heavy atom. The Morgan fingerprint density at radius 3 is 2.58 bits per heavy atom. The molecule has 0 aliphatic heterocycles. The highest BCUT2D eigenvalue weighted by atomic mass is 35.5. The third-order valence-corrected chi connectivity index (χ3v) is 3.51. The van der Waals surface area contributed by atoms with Gasteiger partial charge in [0.1, 0.15) is 5.75 Å². The molecule has 0 unspecified atom stereocenters. The number of hydrogen-bond acceptors (Lipinski definition) is 4. The van der Waals surface area contributed by atoms with Crippen LogP contribution in [0, 0.1) is 0 Å². The zero-order valence-corrected chi connectivity index (χ0v) is 14.1. The van der Waals surface area contributed by atoms with Crippen molar-refractivity contribution in [2.24, 2.45) is 0 Å². The summed E-state index contributed by atoms with van der Waals surface area (Å²) in [5.41, 5.74) is 1.52. The van der Waals surface area contributed by atoms with Gasteiger partial charge in [0.15, 0.2) is 0 Å². The van der Waals surface area contributed by atoms with Crippen LogP contribution in [0.5, 0.6) is 5.75 Å². The van der Waals surface area contributed by atoms with Gasteiger partial charge in [-0.15, -0.1) is 0 Å². The van der Waals surface area contributed by atoms with Crippen LogP contribution < -0.4 is 20.7 Å². The molecule has 2 amide bonds. The van der Waals surface area contributed by atoms with Crippen LogP contribution in [0.25, 0.3) is 0 Å². The lowest BCUT2D eigenvalue weighted by atomic mass is 10.1. The van der Waals surface area contributed by atoms with Gasteiger partial charge in [-0.1, -0.05) is 23.7 Å². The van der Waals surface area contributed by atoms with E-state index in [2.05, 4.69) is 16.0 Å². The van der Waals surface area contributed by atoms with Crippen LogP contribution in [0.15, 0.2) is 42.5 Å². The van der Waals surface area contributed by atoms with Crippen molar-refractivity contribution in [1.82, 2.24) is 5.32 Å². The van der Waals surface area contributed by atoms with Gasteiger partial charge in [0.05, 0.1) is 24.9 Å². The van der Waals surface area contributed by atoms with Gasteiger partial charge in [0.25, 0.3) is 5.91 Å². The van der Waals surface area contributed by atoms with E-state index in [0.717, 1.165) is 0 Å². The topological polar surface area (TPSA) is 79.5 Å². The average molecular weight is 348 g/mol. The number of para-hydroxylation sites is 1. The number of nitrogens with one attached hydrogen (secondary N) is 3. The number of methoxy groups -OCH3 is 1. The zero-order chi connectivity index (χ0) is 17.5. The first-order chi connectivity index (χ1) is 11.5. The number of ether oxygens (including phenoxy) is 1. The SMILES string of the molecule is CNC(=O)c1ccccc1NCC(=O)Nc1cc(Cl)ccc1OC. The predicted octanol–water partition coefficient (Wildman–Crippen LogP) is 2.76. The monoisotopic (exact) mass is 347 g/mol. The molecule has 2 rings (SSSR count). The van der Waals surface area contributed by atoms with Crippen molar-refractivity contribution < 1.29 is 14.3 Å². The Hall–Kier alpha value is -2.73. The molecule has 2 aromatic rings. The molecule has 3 N–H and O–H groups in total. The largest absolute Gasteiger partial charge is 0.495 e. The molecule has 6 nitrogen and oxygen atoms in total. The molecule has 126 valence electrons. The summed E-state index contributed by atoms with van der Waals surface area (Å²) in [6, 6.07) is 11.9. The highest BCUT2D eigenvalue weighted by Gasteiger charge is 2.11. The van der Waals surface area contributed by atoms with Gasteiger partial charge in [-0.3, -0.25) is 9.59 Å². The van der Waals surface area contributed by atoms with Gasteiger partial charge in [0, 0.05) is 17.8 Å². The third kappa shape index (κ3) is 4.39. The standard InChI is InChI=1S/C17H18ClN3O3/c1-19-17(23)12-5-3-4-6-13(12)20-10-16(22)21-14-9-11(18)7-8-15(14)24-2/h3-9,20H,10H2,1-2H3,(H,19,23)(H,21,22). The highest BCUT2D eigenvalue weighted by Crippen LogP contribution is 2.27. The fourth-order valence-electron chi connectivity index (χ4n) is 2.12. The maximum absolute atomic E-state index is 12.1. The number of anilines is 2. The molecule has 0 bridgehead atoms. The van der Waals surface area contributed by atoms with Crippen molar-refractivity contribution in [3.05, 3.63) is 53.1 Å². The number of carbonyl (C=O) groups is 2. The van der Waals surface area contributed by atoms with Gasteiger partial charge in [0.2, 0.25) is 5.91 Å². The Balaban J connectivity index is 2.05. The third-order valence-electron chi connectivity index (χ3n) is 3.27. The fraction of sp³-hybridized carbons (Fsp3) is 0.176. The molecule has 0 heterocycles. The molecular formula is C17H18ClN3O3. The molecule has 0 saturated heterocycles. The molecule has 0 atom stereocenters. The summed E-state index contributed by atoms with van der Waals surface area (Å²) < 4.78 is 5.18. The summed E-state index contributed by atoms with van der Waals surface area (Å²) >= 11 is 5.93. The van der Waals surface area contributed by atoms with Crippen LogP contribution in [0.2, 0.25) is 5.02 Å². The lowest BCUT2D eigenvalue weighted by Gasteiger charge is -2.13. The Bertz CT molecular complexity index is 750. The minimum Gasteiger partial charge on any atom is -0.495 e. The summed E-state index contributed by atoms with van der Waals surface area (Å²) in [5.74, 6) is -0.00388. The summed E-state index contributed by atoms with van der Waals surface area (Å²) in [6.45, 7) is -0.0102. The minimum atomic E-state index is -0.290. The first kappa shape index (κ1) is 17.6. The minimum absolute atomic E-state index is 0.0102. The van der Waals surface area contributed by atoms with Crippen LogP contribution in [-0.2, 0) is 4.79 Å². The van der Waals surface area contributed by atoms with Crippen LogP contribution in [0.1, 0.15) is 10.4 Å². The second kappa shape index (κ2) is 8.21. The molecule has 7 heteroatoms. The van der Waals surface area contributed by atoms with Gasteiger partial charge in [-0.25, -0.2) is 0 Å². The van der Waals surface area contributed by atoms with Crippen molar-refractivity contribution in [3.8, 4) is 5.75 Å². The van der Waals surface area contributed by atoms with Gasteiger partial charge < -0.3 is 20.7 Å². The maximum Gasteiger partial charge on any atom is 0.253 e. The Labute approximate surface area is 145 Å². The first-order valence-electron chi connectivity index (χ1n) is 7.23. The first-order valence-corrected chi connectivity index (χ1v) is 7.61. The van der Waals surface area contributed by atoms with Crippen LogP contribution in [0.4, 0.5) is 11.4 Å². The van der Waals surface area contributed by atoms with Crippen molar-refractivity contribution in [2.75, 3.05) is 31.3 Å². The van der Waals surface area contributed by atoms with E-state index in [0.29, 0.717) is 27.7 Å². The molecule has 2 aromatic carbocycles. The zero-order valence-electron chi connectivity index (χ0n) is 13.4. The molecule has 0 aliphatic carbocycles. The van der Waals surface area contributed by atoms with Crippen LogP contribution in [-0.4, -0.2) is 32.5 Å². The Morgan fingerprint density at radius 1 is 1.12 bits per heavy atom. The van der Waals surface area contributed by atoms with E-state index in [1.807, 2.05) is 0 Å². The number of halogens is 1. The molecule has 0 radical (unpaired) electrons. The van der Waals surface area contributed by atoms with E-state index in [4.69, 9.17) is 16.3 Å². The number of rotatable bonds is 6. The van der Waals surface area contributed by atoms with E-state index in [9.17, 15) is 9.59 Å². The van der Waals surface area contributed by atoms with Gasteiger partial charge in [-0.2, -0.15) is 0 Å². The number of benzene rings is 2. The van der Waals surface area contributed by atoms with E-state index in [1.54, 1.807) is 49.5 Å². The summed E-state index contributed by atoms with van der Waals surface area (Å²) in [6.07, 6.45) is 0. The molecule has 0 saturated carbocycles. The second-order valence-corrected chi connectivity index (χ2v) is 5.31. The van der Waals surface area contributed by atoms with Gasteiger partial charge >= 0.3 is 0 Å². The van der Waals surface area contributed by atoms with E-state index in [1.165, 1.54) is 7.11 Å². The summed E-state index contributed by atoms with van der Waals surface area (Å²) in [4.78, 5) is 24.0. The lowest BCUT2D eigenvalue weighted by molar-refractivity contribution is -0.114. The second-order valence-electron chi connectivity index (χ2n) is 4.87. The smallest absolute Gasteiger partial charge is 0.253 e. The van der Waals surface area contributed by atoms with Crippen molar-refractivity contribution >= 4 is 34.8 Å². The molecule has 24 heavy (non-hydrogen) atoms. The summed E-state index contributed by atoms with van der Waals surface area (Å²) in [5, 5.41) is 8.73. The molecule has 0 aromatic heterocycles. The van der Waals surface area contributed by atoms with Crippen LogP contribution in [0.3, 0.4) is 0 Å². The molecule has 0 fully saturated rings. The molecular weight excluding hydrogens is 330 g/mol. The lowest BCUT2D eigenvalue weighted by Crippen LogP contribution is -2.24. The average Bonchev–Trinajstić information content (AvgIpc) is 2.59. The van der Waals surface area contributed by atoms with Crippen molar-refractivity contribution in [2.45, 2.75) is 0 Å². The Kier molecular flexibility index (Phi) is 6.03. The number of hydrogen-bond donors (Lipinski definition) is 3. The van der Waals surface area contributed by atoms with Gasteiger partial charge in [-0.05, 0) is 30.3 Å². The normalized spacial score (nSPS) is 9.96.